The van der Waals surface area contributed by atoms with Gasteiger partial charge in [-0.1, -0.05) is 0 Å². The minimum absolute atomic E-state index is 0.0993. The molecule has 9 heteroatoms. The molecule has 158 valence electrons. The number of likely N-dealkylation sites (tertiary alicyclic amines) is 1. The largest absolute Gasteiger partial charge is 0.497 e. The third-order valence-corrected chi connectivity index (χ3v) is 5.40. The van der Waals surface area contributed by atoms with Crippen molar-refractivity contribution in [3.63, 3.8) is 0 Å². The molecular formula is C20H30N6O3. The average molecular weight is 402 g/mol. The average Bonchev–Trinajstić information content (AvgIpc) is 3.18. The van der Waals surface area contributed by atoms with E-state index in [0.29, 0.717) is 25.9 Å². The SMILES string of the molecule is COc1ccc(OC)c(C(c2nnnn2C(C)(C)C)N2CCC(C(N)=O)CC2)c1. The minimum atomic E-state index is -0.297. The van der Waals surface area contributed by atoms with Crippen LogP contribution in [0.25, 0.3) is 0 Å². The fourth-order valence-electron chi connectivity index (χ4n) is 3.84. The first kappa shape index (κ1) is 21.0. The first-order chi connectivity index (χ1) is 13.8. The van der Waals surface area contributed by atoms with E-state index in [1.54, 1.807) is 14.2 Å². The highest BCUT2D eigenvalue weighted by Crippen LogP contribution is 2.38. The summed E-state index contributed by atoms with van der Waals surface area (Å²) in [5.41, 5.74) is 6.15. The molecule has 1 aromatic heterocycles. The predicted octanol–water partition coefficient (Wildman–Crippen LogP) is 1.73. The molecule has 1 aromatic carbocycles. The normalized spacial score (nSPS) is 17.1. The number of amides is 1. The van der Waals surface area contributed by atoms with Gasteiger partial charge < -0.3 is 15.2 Å². The standard InChI is InChI=1S/C20H30N6O3/c1-20(2,3)26-19(22-23-24-26)17(25-10-8-13(9-11-25)18(21)27)15-12-14(28-4)6-7-16(15)29-5/h6-7,12-13,17H,8-11H2,1-5H3,(H2,21,27). The minimum Gasteiger partial charge on any atom is -0.497 e. The van der Waals surface area contributed by atoms with Crippen LogP contribution in [-0.4, -0.2) is 58.3 Å². The van der Waals surface area contributed by atoms with Gasteiger partial charge in [-0.15, -0.1) is 5.10 Å². The van der Waals surface area contributed by atoms with Crippen LogP contribution < -0.4 is 15.2 Å². The number of nitrogens with two attached hydrogens (primary N) is 1. The highest BCUT2D eigenvalue weighted by Gasteiger charge is 2.36. The molecule has 1 atom stereocenters. The number of primary amides is 1. The maximum atomic E-state index is 11.6. The van der Waals surface area contributed by atoms with Crippen LogP contribution in [0.15, 0.2) is 18.2 Å². The van der Waals surface area contributed by atoms with E-state index in [9.17, 15) is 4.79 Å². The summed E-state index contributed by atoms with van der Waals surface area (Å²) >= 11 is 0. The third kappa shape index (κ3) is 4.34. The van der Waals surface area contributed by atoms with Gasteiger partial charge in [-0.2, -0.15) is 0 Å². The van der Waals surface area contributed by atoms with Crippen molar-refractivity contribution < 1.29 is 14.3 Å². The third-order valence-electron chi connectivity index (χ3n) is 5.40. The molecule has 2 heterocycles. The molecule has 0 radical (unpaired) electrons. The van der Waals surface area contributed by atoms with E-state index in [0.717, 1.165) is 22.9 Å². The molecule has 3 rings (SSSR count). The Morgan fingerprint density at radius 1 is 1.21 bits per heavy atom. The molecule has 2 N–H and O–H groups in total. The Bertz CT molecular complexity index is 852. The van der Waals surface area contributed by atoms with Crippen molar-refractivity contribution in [2.45, 2.75) is 45.2 Å². The van der Waals surface area contributed by atoms with E-state index < -0.39 is 0 Å². The lowest BCUT2D eigenvalue weighted by Crippen LogP contribution is -2.42. The van der Waals surface area contributed by atoms with E-state index in [1.165, 1.54) is 0 Å². The fraction of sp³-hybridized carbons (Fsp3) is 0.600. The number of piperidine rings is 1. The summed E-state index contributed by atoms with van der Waals surface area (Å²) in [6, 6.07) is 5.47. The summed E-state index contributed by atoms with van der Waals surface area (Å²) in [5, 5.41) is 12.6. The lowest BCUT2D eigenvalue weighted by Gasteiger charge is -2.37. The van der Waals surface area contributed by atoms with Crippen molar-refractivity contribution in [3.05, 3.63) is 29.6 Å². The molecule has 2 aromatic rings. The van der Waals surface area contributed by atoms with Crippen LogP contribution in [0.1, 0.15) is 51.0 Å². The second kappa shape index (κ2) is 8.36. The van der Waals surface area contributed by atoms with Gasteiger partial charge >= 0.3 is 0 Å². The van der Waals surface area contributed by atoms with Gasteiger partial charge in [0.1, 0.15) is 17.5 Å². The lowest BCUT2D eigenvalue weighted by atomic mass is 9.92. The van der Waals surface area contributed by atoms with Crippen LogP contribution in [0.5, 0.6) is 11.5 Å². The molecule has 0 bridgehead atoms. The van der Waals surface area contributed by atoms with Gasteiger partial charge in [0.2, 0.25) is 5.91 Å². The number of carbonyl (C=O) groups excluding carboxylic acids is 1. The zero-order chi connectivity index (χ0) is 21.2. The highest BCUT2D eigenvalue weighted by molar-refractivity contribution is 5.76. The summed E-state index contributed by atoms with van der Waals surface area (Å²) < 4.78 is 13.0. The maximum absolute atomic E-state index is 11.6. The molecule has 1 unspecified atom stereocenters. The molecule has 0 saturated carbocycles. The van der Waals surface area contributed by atoms with Crippen molar-refractivity contribution in [1.29, 1.82) is 0 Å². The van der Waals surface area contributed by atoms with Crippen LogP contribution >= 0.6 is 0 Å². The number of nitrogens with zero attached hydrogens (tertiary/aromatic N) is 5. The van der Waals surface area contributed by atoms with E-state index >= 15 is 0 Å². The van der Waals surface area contributed by atoms with Gasteiger partial charge in [0.05, 0.1) is 19.8 Å². The molecule has 1 saturated heterocycles. The number of carbonyl (C=O) groups is 1. The van der Waals surface area contributed by atoms with Crippen LogP contribution in [-0.2, 0) is 10.3 Å². The summed E-state index contributed by atoms with van der Waals surface area (Å²) in [4.78, 5) is 13.9. The summed E-state index contributed by atoms with van der Waals surface area (Å²) in [6.07, 6.45) is 1.41. The maximum Gasteiger partial charge on any atom is 0.220 e. The number of aromatic nitrogens is 4. The fourth-order valence-corrected chi connectivity index (χ4v) is 3.84. The Hall–Kier alpha value is -2.68. The predicted molar refractivity (Wildman–Crippen MR) is 108 cm³/mol. The Balaban J connectivity index is 2.09. The van der Waals surface area contributed by atoms with Gasteiger partial charge in [0.25, 0.3) is 0 Å². The summed E-state index contributed by atoms with van der Waals surface area (Å²) in [6.45, 7) is 7.59. The lowest BCUT2D eigenvalue weighted by molar-refractivity contribution is -0.123. The van der Waals surface area contributed by atoms with Crippen molar-refractivity contribution >= 4 is 5.91 Å². The van der Waals surface area contributed by atoms with Crippen LogP contribution in [0.4, 0.5) is 0 Å². The Labute approximate surface area is 171 Å². The van der Waals surface area contributed by atoms with Crippen molar-refractivity contribution in [2.75, 3.05) is 27.3 Å². The number of methoxy groups -OCH3 is 2. The number of ether oxygens (including phenoxy) is 2. The van der Waals surface area contributed by atoms with Crippen LogP contribution in [0, 0.1) is 5.92 Å². The molecule has 1 aliphatic heterocycles. The summed E-state index contributed by atoms with van der Waals surface area (Å²) in [7, 11) is 3.28. The monoisotopic (exact) mass is 402 g/mol. The van der Waals surface area contributed by atoms with Gasteiger partial charge in [-0.25, -0.2) is 4.68 Å². The number of benzene rings is 1. The number of tetrazole rings is 1. The van der Waals surface area contributed by atoms with Crippen LogP contribution in [0.3, 0.4) is 0 Å². The number of hydrogen-bond donors (Lipinski definition) is 1. The first-order valence-corrected chi connectivity index (χ1v) is 9.80. The van der Waals surface area contributed by atoms with E-state index in [-0.39, 0.29) is 23.4 Å². The molecular weight excluding hydrogens is 372 g/mol. The van der Waals surface area contributed by atoms with Gasteiger partial charge in [0, 0.05) is 11.5 Å². The molecule has 1 aliphatic rings. The molecule has 9 nitrogen and oxygen atoms in total. The van der Waals surface area contributed by atoms with E-state index in [1.807, 2.05) is 22.9 Å². The Morgan fingerprint density at radius 3 is 2.45 bits per heavy atom. The topological polar surface area (TPSA) is 108 Å². The molecule has 29 heavy (non-hydrogen) atoms. The Morgan fingerprint density at radius 2 is 1.90 bits per heavy atom. The molecule has 0 aliphatic carbocycles. The Kier molecular flexibility index (Phi) is 6.07. The van der Waals surface area contributed by atoms with Crippen molar-refractivity contribution in [2.24, 2.45) is 11.7 Å². The van der Waals surface area contributed by atoms with Crippen LogP contribution in [0.2, 0.25) is 0 Å². The molecule has 1 fully saturated rings. The van der Waals surface area contributed by atoms with E-state index in [2.05, 4.69) is 41.2 Å². The first-order valence-electron chi connectivity index (χ1n) is 9.80. The second-order valence-corrected chi connectivity index (χ2v) is 8.34. The molecule has 1 amide bonds. The molecule has 0 spiro atoms. The smallest absolute Gasteiger partial charge is 0.220 e. The van der Waals surface area contributed by atoms with Gasteiger partial charge in [0.15, 0.2) is 5.82 Å². The van der Waals surface area contributed by atoms with Gasteiger partial charge in [-0.3, -0.25) is 9.69 Å². The van der Waals surface area contributed by atoms with E-state index in [4.69, 9.17) is 15.2 Å². The number of hydrogen-bond acceptors (Lipinski definition) is 7. The quantitative estimate of drug-likeness (QED) is 0.784. The zero-order valence-corrected chi connectivity index (χ0v) is 17.8. The zero-order valence-electron chi connectivity index (χ0n) is 17.8. The van der Waals surface area contributed by atoms with Crippen molar-refractivity contribution in [3.8, 4) is 11.5 Å². The number of rotatable bonds is 6. The van der Waals surface area contributed by atoms with Crippen molar-refractivity contribution in [1.82, 2.24) is 25.1 Å². The summed E-state index contributed by atoms with van der Waals surface area (Å²) in [5.74, 6) is 1.85. The van der Waals surface area contributed by atoms with Gasteiger partial charge in [-0.05, 0) is 75.3 Å². The second-order valence-electron chi connectivity index (χ2n) is 8.34. The highest BCUT2D eigenvalue weighted by atomic mass is 16.5.